The minimum absolute atomic E-state index is 0.126. The highest BCUT2D eigenvalue weighted by Crippen LogP contribution is 2.30. The number of carbonyl (C=O) groups excluding carboxylic acids is 1. The molecule has 0 unspecified atom stereocenters. The zero-order chi connectivity index (χ0) is 20.7. The van der Waals surface area contributed by atoms with E-state index < -0.39 is 0 Å². The molecule has 1 aliphatic heterocycles. The van der Waals surface area contributed by atoms with Crippen molar-refractivity contribution in [1.29, 1.82) is 0 Å². The summed E-state index contributed by atoms with van der Waals surface area (Å²) in [6.45, 7) is 2.53. The number of halogens is 1. The lowest BCUT2D eigenvalue weighted by Gasteiger charge is -2.10. The van der Waals surface area contributed by atoms with Gasteiger partial charge in [-0.1, -0.05) is 43.3 Å². The zero-order valence-corrected chi connectivity index (χ0v) is 17.5. The Bertz CT molecular complexity index is 1160. The van der Waals surface area contributed by atoms with Gasteiger partial charge in [0.15, 0.2) is 5.11 Å². The highest BCUT2D eigenvalue weighted by molar-refractivity contribution is 7.80. The Balaban J connectivity index is 1.88. The molecule has 2 aromatic carbocycles. The fourth-order valence-corrected chi connectivity index (χ4v) is 4.02. The van der Waals surface area contributed by atoms with E-state index in [0.29, 0.717) is 22.9 Å². The number of thiocarbonyl (C=S) groups is 1. The Morgan fingerprint density at radius 1 is 1.03 bits per heavy atom. The van der Waals surface area contributed by atoms with Crippen molar-refractivity contribution in [2.45, 2.75) is 19.9 Å². The van der Waals surface area contributed by atoms with Gasteiger partial charge in [-0.05, 0) is 36.3 Å². The van der Waals surface area contributed by atoms with Gasteiger partial charge in [-0.15, -0.1) is 0 Å². The van der Waals surface area contributed by atoms with Crippen LogP contribution in [0, 0.1) is 5.82 Å². The molecule has 0 aliphatic carbocycles. The molecule has 4 nitrogen and oxygen atoms in total. The first-order valence-corrected chi connectivity index (χ1v) is 9.94. The highest BCUT2D eigenvalue weighted by Gasteiger charge is 2.33. The number of para-hydroxylation sites is 1. The number of amides is 1. The van der Waals surface area contributed by atoms with E-state index in [9.17, 15) is 9.18 Å². The van der Waals surface area contributed by atoms with Crippen LogP contribution in [0.5, 0.6) is 0 Å². The van der Waals surface area contributed by atoms with E-state index in [1.54, 1.807) is 31.1 Å². The van der Waals surface area contributed by atoms with Gasteiger partial charge in [0.1, 0.15) is 11.5 Å². The van der Waals surface area contributed by atoms with Gasteiger partial charge in [-0.25, -0.2) is 4.39 Å². The monoisotopic (exact) mass is 407 g/mol. The second kappa shape index (κ2) is 7.44. The topological polar surface area (TPSA) is 28.5 Å². The van der Waals surface area contributed by atoms with E-state index in [1.807, 2.05) is 30.5 Å². The maximum Gasteiger partial charge on any atom is 0.276 e. The van der Waals surface area contributed by atoms with Gasteiger partial charge >= 0.3 is 0 Å². The van der Waals surface area contributed by atoms with Gasteiger partial charge < -0.3 is 9.47 Å². The molecule has 6 heteroatoms. The number of aromatic nitrogens is 1. The molecule has 0 radical (unpaired) electrons. The number of benzene rings is 2. The summed E-state index contributed by atoms with van der Waals surface area (Å²) >= 11 is 5.32. The van der Waals surface area contributed by atoms with Crippen LogP contribution in [-0.4, -0.2) is 39.5 Å². The molecule has 0 atom stereocenters. The van der Waals surface area contributed by atoms with E-state index in [1.165, 1.54) is 16.5 Å². The summed E-state index contributed by atoms with van der Waals surface area (Å²) in [6.07, 6.45) is 4.73. The first-order valence-electron chi connectivity index (χ1n) is 9.54. The van der Waals surface area contributed by atoms with Gasteiger partial charge in [-0.3, -0.25) is 9.69 Å². The number of hydrogen-bond donors (Lipinski definition) is 0. The van der Waals surface area contributed by atoms with Crippen molar-refractivity contribution in [1.82, 2.24) is 14.4 Å². The standard InChI is InChI=1S/C23H22FN3OS/c1-4-15-9-7-10-18-17(12-20-22(28)26(3)23(29)25(20)2)14-27(21(15)18)13-16-8-5-6-11-19(16)24/h5-12,14H,4,13H2,1-3H3/b20-12-. The summed E-state index contributed by atoms with van der Waals surface area (Å²) in [7, 11) is 3.48. The van der Waals surface area contributed by atoms with Gasteiger partial charge in [-0.2, -0.15) is 0 Å². The van der Waals surface area contributed by atoms with Crippen LogP contribution in [0.15, 0.2) is 54.4 Å². The summed E-state index contributed by atoms with van der Waals surface area (Å²) in [5.74, 6) is -0.347. The minimum atomic E-state index is -0.221. The molecule has 1 fully saturated rings. The molecule has 0 N–H and O–H groups in total. The second-order valence-corrected chi connectivity index (χ2v) is 7.57. The van der Waals surface area contributed by atoms with Crippen molar-refractivity contribution >= 4 is 40.2 Å². The average molecular weight is 408 g/mol. The maximum atomic E-state index is 14.3. The number of rotatable bonds is 4. The Morgan fingerprint density at radius 3 is 2.41 bits per heavy atom. The van der Waals surface area contributed by atoms with Crippen LogP contribution in [-0.2, 0) is 17.8 Å². The Morgan fingerprint density at radius 2 is 1.76 bits per heavy atom. The predicted octanol–water partition coefficient (Wildman–Crippen LogP) is 4.42. The summed E-state index contributed by atoms with van der Waals surface area (Å²) in [5, 5.41) is 1.51. The van der Waals surface area contributed by atoms with E-state index >= 15 is 0 Å². The fraction of sp³-hybridized carbons (Fsp3) is 0.217. The van der Waals surface area contributed by atoms with E-state index in [4.69, 9.17) is 12.2 Å². The molecule has 29 heavy (non-hydrogen) atoms. The molecule has 148 valence electrons. The quantitative estimate of drug-likeness (QED) is 0.473. The number of likely N-dealkylation sites (N-methyl/N-ethyl adjacent to an activating group) is 2. The van der Waals surface area contributed by atoms with Crippen LogP contribution in [0.1, 0.15) is 23.6 Å². The molecular formula is C23H22FN3OS. The summed E-state index contributed by atoms with van der Waals surface area (Å²) in [6, 6.07) is 13.0. The summed E-state index contributed by atoms with van der Waals surface area (Å²) < 4.78 is 16.4. The number of hydrogen-bond acceptors (Lipinski definition) is 2. The molecule has 1 aliphatic rings. The van der Waals surface area contributed by atoms with Gasteiger partial charge in [0.05, 0.1) is 12.1 Å². The van der Waals surface area contributed by atoms with Gasteiger partial charge in [0.2, 0.25) is 0 Å². The second-order valence-electron chi connectivity index (χ2n) is 7.21. The molecule has 1 amide bonds. The molecule has 2 heterocycles. The third-order valence-corrected chi connectivity index (χ3v) is 5.99. The van der Waals surface area contributed by atoms with Crippen molar-refractivity contribution in [3.8, 4) is 0 Å². The number of fused-ring (bicyclic) bond motifs is 1. The molecular weight excluding hydrogens is 385 g/mol. The number of aryl methyl sites for hydroxylation is 1. The average Bonchev–Trinajstić information content (AvgIpc) is 3.16. The van der Waals surface area contributed by atoms with E-state index in [2.05, 4.69) is 17.6 Å². The first-order chi connectivity index (χ1) is 13.9. The van der Waals surface area contributed by atoms with Crippen LogP contribution in [0.3, 0.4) is 0 Å². The van der Waals surface area contributed by atoms with Crippen molar-refractivity contribution in [2.24, 2.45) is 0 Å². The Kier molecular flexibility index (Phi) is 4.96. The molecule has 1 saturated heterocycles. The third kappa shape index (κ3) is 3.23. The minimum Gasteiger partial charge on any atom is -0.342 e. The first kappa shape index (κ1) is 19.3. The third-order valence-electron chi connectivity index (χ3n) is 5.44. The van der Waals surface area contributed by atoms with Crippen LogP contribution in [0.25, 0.3) is 17.0 Å². The molecule has 0 spiro atoms. The van der Waals surface area contributed by atoms with Crippen molar-refractivity contribution in [3.05, 3.63) is 76.9 Å². The predicted molar refractivity (Wildman–Crippen MR) is 118 cm³/mol. The lowest BCUT2D eigenvalue weighted by Crippen LogP contribution is -2.26. The van der Waals surface area contributed by atoms with Crippen LogP contribution >= 0.6 is 12.2 Å². The van der Waals surface area contributed by atoms with Crippen molar-refractivity contribution in [3.63, 3.8) is 0 Å². The number of nitrogens with zero attached hydrogens (tertiary/aromatic N) is 3. The lowest BCUT2D eigenvalue weighted by atomic mass is 10.1. The largest absolute Gasteiger partial charge is 0.342 e. The van der Waals surface area contributed by atoms with Crippen molar-refractivity contribution in [2.75, 3.05) is 14.1 Å². The van der Waals surface area contributed by atoms with Gasteiger partial charge in [0.25, 0.3) is 5.91 Å². The smallest absolute Gasteiger partial charge is 0.276 e. The van der Waals surface area contributed by atoms with Gasteiger partial charge in [0, 0.05) is 36.8 Å². The van der Waals surface area contributed by atoms with Crippen LogP contribution in [0.2, 0.25) is 0 Å². The van der Waals surface area contributed by atoms with Crippen molar-refractivity contribution < 1.29 is 9.18 Å². The number of carbonyl (C=O) groups is 1. The highest BCUT2D eigenvalue weighted by atomic mass is 32.1. The Hall–Kier alpha value is -2.99. The maximum absolute atomic E-state index is 14.3. The van der Waals surface area contributed by atoms with E-state index in [-0.39, 0.29) is 11.7 Å². The normalized spacial score (nSPS) is 15.9. The summed E-state index contributed by atoms with van der Waals surface area (Å²) in [4.78, 5) is 15.8. The Labute approximate surface area is 174 Å². The van der Waals surface area contributed by atoms with Crippen LogP contribution < -0.4 is 0 Å². The SMILES string of the molecule is CCc1cccc2c(/C=C3/C(=O)N(C)C(=S)N3C)cn(Cc3ccccc3F)c12. The summed E-state index contributed by atoms with van der Waals surface area (Å²) in [5.41, 5.74) is 4.32. The molecule has 3 aromatic rings. The lowest BCUT2D eigenvalue weighted by molar-refractivity contribution is -0.121. The molecule has 4 rings (SSSR count). The van der Waals surface area contributed by atoms with E-state index in [0.717, 1.165) is 22.9 Å². The molecule has 0 saturated carbocycles. The zero-order valence-electron chi connectivity index (χ0n) is 16.6. The van der Waals surface area contributed by atoms with Crippen LogP contribution in [0.4, 0.5) is 4.39 Å². The molecule has 0 bridgehead atoms. The fourth-order valence-electron chi connectivity index (χ4n) is 3.84. The molecule has 1 aromatic heterocycles.